The van der Waals surface area contributed by atoms with Gasteiger partial charge in [-0.3, -0.25) is 0 Å². The molecule has 0 fully saturated rings. The van der Waals surface area contributed by atoms with Crippen LogP contribution < -0.4 is 4.90 Å². The first-order valence-electron chi connectivity index (χ1n) is 5.73. The second-order valence-corrected chi connectivity index (χ2v) is 4.26. The first kappa shape index (κ1) is 15.3. The topological polar surface area (TPSA) is 73.6 Å². The average Bonchev–Trinajstić information content (AvgIpc) is 2.38. The van der Waals surface area contributed by atoms with E-state index >= 15 is 0 Å². The summed E-state index contributed by atoms with van der Waals surface area (Å²) in [5.74, 6) is -1.06. The van der Waals surface area contributed by atoms with Gasteiger partial charge in [0.2, 0.25) is 0 Å². The van der Waals surface area contributed by atoms with E-state index in [1.807, 2.05) is 4.90 Å². The molecule has 102 valence electrons. The molecule has 0 aliphatic heterocycles. The second kappa shape index (κ2) is 7.62. The molecule has 5 nitrogen and oxygen atoms in total. The van der Waals surface area contributed by atoms with Crippen molar-refractivity contribution in [3.63, 3.8) is 0 Å². The van der Waals surface area contributed by atoms with Gasteiger partial charge in [-0.05, 0) is 18.2 Å². The number of nitriles is 1. The van der Waals surface area contributed by atoms with Crippen LogP contribution in [0.2, 0.25) is 5.02 Å². The summed E-state index contributed by atoms with van der Waals surface area (Å²) in [5.41, 5.74) is 0.847. The minimum absolute atomic E-state index is 0.0670. The number of hydrogen-bond donors (Lipinski definition) is 1. The maximum atomic E-state index is 10.9. The molecule has 0 unspecified atom stereocenters. The van der Waals surface area contributed by atoms with Crippen LogP contribution in [0.15, 0.2) is 18.2 Å². The SMILES string of the molecule is COCCN(CCC#N)c1ccc(C(=O)O)c(Cl)c1. The number of nitrogens with zero attached hydrogens (tertiary/aromatic N) is 2. The molecule has 0 saturated carbocycles. The van der Waals surface area contributed by atoms with E-state index in [0.29, 0.717) is 26.1 Å². The standard InChI is InChI=1S/C13H15ClN2O3/c1-19-8-7-16(6-2-5-15)10-3-4-11(13(17)18)12(14)9-10/h3-4,9H,2,6-8H2,1H3,(H,17,18). The number of ether oxygens (including phenoxy) is 1. The fourth-order valence-electron chi connectivity index (χ4n) is 1.63. The first-order chi connectivity index (χ1) is 9.10. The molecule has 0 spiro atoms. The maximum absolute atomic E-state index is 10.9. The van der Waals surface area contributed by atoms with Crippen LogP contribution >= 0.6 is 11.6 Å². The van der Waals surface area contributed by atoms with E-state index in [1.165, 1.54) is 6.07 Å². The molecule has 0 heterocycles. The van der Waals surface area contributed by atoms with Gasteiger partial charge in [-0.15, -0.1) is 0 Å². The minimum atomic E-state index is -1.06. The van der Waals surface area contributed by atoms with E-state index in [1.54, 1.807) is 19.2 Å². The Morgan fingerprint density at radius 1 is 1.53 bits per heavy atom. The molecule has 0 radical (unpaired) electrons. The lowest BCUT2D eigenvalue weighted by atomic mass is 10.2. The quantitative estimate of drug-likeness (QED) is 0.831. The molecule has 0 aliphatic rings. The van der Waals surface area contributed by atoms with Crippen LogP contribution in [-0.4, -0.2) is 37.9 Å². The molecule has 1 aromatic rings. The van der Waals surface area contributed by atoms with Crippen molar-refractivity contribution in [1.82, 2.24) is 0 Å². The molecule has 0 aromatic heterocycles. The number of carbonyl (C=O) groups is 1. The molecule has 19 heavy (non-hydrogen) atoms. The summed E-state index contributed by atoms with van der Waals surface area (Å²) in [6.45, 7) is 1.67. The molecule has 1 rings (SSSR count). The lowest BCUT2D eigenvalue weighted by Crippen LogP contribution is -2.28. The normalized spacial score (nSPS) is 9.95. The summed E-state index contributed by atoms with van der Waals surface area (Å²) >= 11 is 5.93. The van der Waals surface area contributed by atoms with Crippen molar-refractivity contribution in [2.24, 2.45) is 0 Å². The highest BCUT2D eigenvalue weighted by Gasteiger charge is 2.12. The Labute approximate surface area is 117 Å². The zero-order valence-corrected chi connectivity index (χ0v) is 11.4. The average molecular weight is 283 g/mol. The first-order valence-corrected chi connectivity index (χ1v) is 6.11. The van der Waals surface area contributed by atoms with Crippen molar-refractivity contribution in [3.05, 3.63) is 28.8 Å². The molecular formula is C13H15ClN2O3. The van der Waals surface area contributed by atoms with Gasteiger partial charge in [-0.2, -0.15) is 5.26 Å². The van der Waals surface area contributed by atoms with Gasteiger partial charge in [-0.25, -0.2) is 4.79 Å². The Morgan fingerprint density at radius 3 is 2.79 bits per heavy atom. The largest absolute Gasteiger partial charge is 0.478 e. The van der Waals surface area contributed by atoms with Crippen molar-refractivity contribution in [3.8, 4) is 6.07 Å². The fourth-order valence-corrected chi connectivity index (χ4v) is 1.89. The number of methoxy groups -OCH3 is 1. The van der Waals surface area contributed by atoms with E-state index in [-0.39, 0.29) is 10.6 Å². The number of anilines is 1. The Hall–Kier alpha value is -1.77. The van der Waals surface area contributed by atoms with Crippen LogP contribution in [0.4, 0.5) is 5.69 Å². The third kappa shape index (κ3) is 4.43. The van der Waals surface area contributed by atoms with E-state index in [9.17, 15) is 4.79 Å². The molecule has 0 atom stereocenters. The zero-order chi connectivity index (χ0) is 14.3. The minimum Gasteiger partial charge on any atom is -0.478 e. The van der Waals surface area contributed by atoms with E-state index in [4.69, 9.17) is 26.7 Å². The third-order valence-corrected chi connectivity index (χ3v) is 2.92. The van der Waals surface area contributed by atoms with Crippen LogP contribution in [0.5, 0.6) is 0 Å². The highest BCUT2D eigenvalue weighted by molar-refractivity contribution is 6.33. The maximum Gasteiger partial charge on any atom is 0.337 e. The molecule has 0 bridgehead atoms. The number of aromatic carboxylic acids is 1. The monoisotopic (exact) mass is 282 g/mol. The van der Waals surface area contributed by atoms with Gasteiger partial charge in [0.25, 0.3) is 0 Å². The van der Waals surface area contributed by atoms with Gasteiger partial charge >= 0.3 is 5.97 Å². The Bertz CT molecular complexity index is 485. The summed E-state index contributed by atoms with van der Waals surface area (Å²) in [7, 11) is 1.60. The van der Waals surface area contributed by atoms with E-state index in [0.717, 1.165) is 5.69 Å². The predicted molar refractivity (Wildman–Crippen MR) is 72.7 cm³/mol. The highest BCUT2D eigenvalue weighted by Crippen LogP contribution is 2.24. The van der Waals surface area contributed by atoms with Gasteiger partial charge in [0.05, 0.1) is 29.7 Å². The van der Waals surface area contributed by atoms with Gasteiger partial charge in [-0.1, -0.05) is 11.6 Å². The molecule has 0 amide bonds. The number of carboxylic acids is 1. The summed E-state index contributed by atoms with van der Waals surface area (Å²) < 4.78 is 5.01. The number of carboxylic acid groups (broad SMARTS) is 1. The van der Waals surface area contributed by atoms with Crippen molar-refractivity contribution in [1.29, 1.82) is 5.26 Å². The zero-order valence-electron chi connectivity index (χ0n) is 10.6. The summed E-state index contributed by atoms with van der Waals surface area (Å²) in [4.78, 5) is 12.8. The van der Waals surface area contributed by atoms with Gasteiger partial charge in [0.1, 0.15) is 0 Å². The number of halogens is 1. The van der Waals surface area contributed by atoms with Gasteiger partial charge < -0.3 is 14.7 Å². The highest BCUT2D eigenvalue weighted by atomic mass is 35.5. The molecule has 1 N–H and O–H groups in total. The summed E-state index contributed by atoms with van der Waals surface area (Å²) in [5, 5.41) is 17.7. The summed E-state index contributed by atoms with van der Waals surface area (Å²) in [6.07, 6.45) is 0.377. The third-order valence-electron chi connectivity index (χ3n) is 2.61. The Morgan fingerprint density at radius 2 is 2.26 bits per heavy atom. The molecular weight excluding hydrogens is 268 g/mol. The molecule has 6 heteroatoms. The summed E-state index contributed by atoms with van der Waals surface area (Å²) in [6, 6.07) is 6.82. The Balaban J connectivity index is 2.92. The smallest absolute Gasteiger partial charge is 0.337 e. The molecule has 0 aliphatic carbocycles. The fraction of sp³-hybridized carbons (Fsp3) is 0.385. The van der Waals surface area contributed by atoms with Crippen molar-refractivity contribution >= 4 is 23.3 Å². The predicted octanol–water partition coefficient (Wildman–Crippen LogP) is 2.40. The van der Waals surface area contributed by atoms with Crippen LogP contribution in [0.3, 0.4) is 0 Å². The van der Waals surface area contributed by atoms with Crippen molar-refractivity contribution in [2.75, 3.05) is 31.7 Å². The van der Waals surface area contributed by atoms with Gasteiger partial charge in [0.15, 0.2) is 0 Å². The van der Waals surface area contributed by atoms with E-state index in [2.05, 4.69) is 6.07 Å². The second-order valence-electron chi connectivity index (χ2n) is 3.86. The van der Waals surface area contributed by atoms with E-state index < -0.39 is 5.97 Å². The molecule has 0 saturated heterocycles. The lowest BCUT2D eigenvalue weighted by Gasteiger charge is -2.23. The van der Waals surface area contributed by atoms with Crippen LogP contribution in [0.1, 0.15) is 16.8 Å². The number of benzene rings is 1. The lowest BCUT2D eigenvalue weighted by molar-refractivity contribution is 0.0697. The van der Waals surface area contributed by atoms with Crippen molar-refractivity contribution in [2.45, 2.75) is 6.42 Å². The van der Waals surface area contributed by atoms with Crippen LogP contribution in [0.25, 0.3) is 0 Å². The van der Waals surface area contributed by atoms with Gasteiger partial charge in [0, 0.05) is 25.9 Å². The van der Waals surface area contributed by atoms with Crippen LogP contribution in [-0.2, 0) is 4.74 Å². The van der Waals surface area contributed by atoms with Crippen molar-refractivity contribution < 1.29 is 14.6 Å². The molecule has 1 aromatic carbocycles. The number of rotatable bonds is 7. The number of hydrogen-bond acceptors (Lipinski definition) is 4. The van der Waals surface area contributed by atoms with Crippen LogP contribution in [0, 0.1) is 11.3 Å². The Kier molecular flexibility index (Phi) is 6.13.